The van der Waals surface area contributed by atoms with Gasteiger partial charge in [0.1, 0.15) is 11.5 Å². The zero-order valence-corrected chi connectivity index (χ0v) is 14.3. The van der Waals surface area contributed by atoms with Crippen LogP contribution >= 0.6 is 11.6 Å². The quantitative estimate of drug-likeness (QED) is 0.811. The van der Waals surface area contributed by atoms with Crippen molar-refractivity contribution in [3.63, 3.8) is 0 Å². The van der Waals surface area contributed by atoms with Crippen molar-refractivity contribution >= 4 is 17.5 Å². The summed E-state index contributed by atoms with van der Waals surface area (Å²) in [4.78, 5) is 14.0. The van der Waals surface area contributed by atoms with Crippen molar-refractivity contribution in [2.45, 2.75) is 13.0 Å². The first-order valence-electron chi connectivity index (χ1n) is 7.22. The van der Waals surface area contributed by atoms with E-state index in [1.165, 1.54) is 0 Å². The number of amides is 1. The number of carbonyl (C=O) groups is 1. The van der Waals surface area contributed by atoms with Crippen LogP contribution in [0.2, 0.25) is 5.02 Å². The number of hydrogen-bond donors (Lipinski definition) is 0. The summed E-state index contributed by atoms with van der Waals surface area (Å²) in [5.74, 6) is 1.52. The van der Waals surface area contributed by atoms with Crippen LogP contribution in [0.5, 0.6) is 11.5 Å². The molecule has 2 aromatic rings. The predicted molar refractivity (Wildman–Crippen MR) is 91.2 cm³/mol. The zero-order valence-electron chi connectivity index (χ0n) is 13.5. The number of carbonyl (C=O) groups excluding carboxylic acids is 1. The third-order valence-corrected chi connectivity index (χ3v) is 3.83. The van der Waals surface area contributed by atoms with Crippen molar-refractivity contribution in [3.8, 4) is 11.5 Å². The van der Waals surface area contributed by atoms with Crippen LogP contribution in [0.25, 0.3) is 0 Å². The Morgan fingerprint density at radius 3 is 2.39 bits per heavy atom. The summed E-state index contributed by atoms with van der Waals surface area (Å²) in [7, 11) is 4.99. The maximum absolute atomic E-state index is 12.4. The number of halogens is 1. The number of likely N-dealkylation sites (N-methyl/N-ethyl adjacent to an activating group) is 1. The Morgan fingerprint density at radius 1 is 1.09 bits per heavy atom. The minimum Gasteiger partial charge on any atom is -0.497 e. The lowest BCUT2D eigenvalue weighted by Crippen LogP contribution is -2.27. The molecule has 0 aromatic heterocycles. The molecule has 0 aliphatic heterocycles. The molecule has 23 heavy (non-hydrogen) atoms. The van der Waals surface area contributed by atoms with Crippen molar-refractivity contribution in [3.05, 3.63) is 58.6 Å². The van der Waals surface area contributed by atoms with E-state index >= 15 is 0 Å². The Bertz CT molecular complexity index is 670. The van der Waals surface area contributed by atoms with Gasteiger partial charge >= 0.3 is 0 Å². The first-order valence-corrected chi connectivity index (χ1v) is 7.60. The highest BCUT2D eigenvalue weighted by Crippen LogP contribution is 2.24. The first kappa shape index (κ1) is 17.2. The molecule has 0 N–H and O–H groups in total. The van der Waals surface area contributed by atoms with Gasteiger partial charge in [0.2, 0.25) is 5.91 Å². The van der Waals surface area contributed by atoms with Crippen LogP contribution < -0.4 is 9.47 Å². The summed E-state index contributed by atoms with van der Waals surface area (Å²) in [5, 5.41) is 0.622. The van der Waals surface area contributed by atoms with E-state index in [-0.39, 0.29) is 5.91 Å². The van der Waals surface area contributed by atoms with E-state index in [1.807, 2.05) is 30.3 Å². The maximum Gasteiger partial charge on any atom is 0.227 e. The molecule has 0 unspecified atom stereocenters. The third-order valence-electron chi connectivity index (χ3n) is 3.59. The minimum absolute atomic E-state index is 0.0252. The molecule has 4 nitrogen and oxygen atoms in total. The second-order valence-electron chi connectivity index (χ2n) is 5.23. The van der Waals surface area contributed by atoms with Gasteiger partial charge in [0.25, 0.3) is 0 Å². The molecular formula is C18H20ClNO3. The van der Waals surface area contributed by atoms with Gasteiger partial charge < -0.3 is 14.4 Å². The van der Waals surface area contributed by atoms with E-state index in [1.54, 1.807) is 38.3 Å². The molecule has 0 aliphatic carbocycles. The van der Waals surface area contributed by atoms with E-state index in [0.717, 1.165) is 22.6 Å². The van der Waals surface area contributed by atoms with Gasteiger partial charge in [-0.1, -0.05) is 23.7 Å². The summed E-state index contributed by atoms with van der Waals surface area (Å²) in [6, 6.07) is 12.9. The Hall–Kier alpha value is -2.20. The number of rotatable bonds is 6. The topological polar surface area (TPSA) is 38.8 Å². The summed E-state index contributed by atoms with van der Waals surface area (Å²) >= 11 is 6.02. The standard InChI is InChI=1S/C18H20ClNO3/c1-20(12-14-11-15(19)6-9-17(14)23-3)18(21)10-13-4-7-16(22-2)8-5-13/h4-9,11H,10,12H2,1-3H3. The van der Waals surface area contributed by atoms with Crippen molar-refractivity contribution in [1.29, 1.82) is 0 Å². The van der Waals surface area contributed by atoms with Crippen molar-refractivity contribution < 1.29 is 14.3 Å². The highest BCUT2D eigenvalue weighted by molar-refractivity contribution is 6.30. The lowest BCUT2D eigenvalue weighted by atomic mass is 10.1. The summed E-state index contributed by atoms with van der Waals surface area (Å²) in [6.45, 7) is 0.443. The second-order valence-corrected chi connectivity index (χ2v) is 5.67. The van der Waals surface area contributed by atoms with Gasteiger partial charge in [0, 0.05) is 24.2 Å². The van der Waals surface area contributed by atoms with Gasteiger partial charge in [-0.25, -0.2) is 0 Å². The van der Waals surface area contributed by atoms with Crippen LogP contribution in [-0.2, 0) is 17.8 Å². The molecule has 2 rings (SSSR count). The van der Waals surface area contributed by atoms with Crippen molar-refractivity contribution in [2.24, 2.45) is 0 Å². The fourth-order valence-electron chi connectivity index (χ4n) is 2.27. The summed E-state index contributed by atoms with van der Waals surface area (Å²) < 4.78 is 10.4. The normalized spacial score (nSPS) is 10.3. The average Bonchev–Trinajstić information content (AvgIpc) is 2.55. The summed E-state index contributed by atoms with van der Waals surface area (Å²) in [6.07, 6.45) is 0.337. The number of methoxy groups -OCH3 is 2. The smallest absolute Gasteiger partial charge is 0.227 e. The highest BCUT2D eigenvalue weighted by Gasteiger charge is 2.13. The molecule has 0 atom stereocenters. The molecule has 2 aromatic carbocycles. The van der Waals surface area contributed by atoms with Gasteiger partial charge in [-0.3, -0.25) is 4.79 Å². The molecule has 0 aliphatic rings. The number of ether oxygens (including phenoxy) is 2. The molecule has 0 heterocycles. The zero-order chi connectivity index (χ0) is 16.8. The van der Waals surface area contributed by atoms with Gasteiger partial charge in [-0.2, -0.15) is 0 Å². The molecule has 1 amide bonds. The van der Waals surface area contributed by atoms with E-state index < -0.39 is 0 Å². The fourth-order valence-corrected chi connectivity index (χ4v) is 2.46. The van der Waals surface area contributed by atoms with Gasteiger partial charge in [-0.15, -0.1) is 0 Å². The van der Waals surface area contributed by atoms with Crippen LogP contribution in [0.4, 0.5) is 0 Å². The minimum atomic E-state index is 0.0252. The van der Waals surface area contributed by atoms with E-state index in [0.29, 0.717) is 18.0 Å². The van der Waals surface area contributed by atoms with Gasteiger partial charge in [0.15, 0.2) is 0 Å². The highest BCUT2D eigenvalue weighted by atomic mass is 35.5. The molecule has 0 saturated heterocycles. The molecule has 0 bridgehead atoms. The van der Waals surface area contributed by atoms with Gasteiger partial charge in [0.05, 0.1) is 20.6 Å². The molecule has 0 spiro atoms. The van der Waals surface area contributed by atoms with Gasteiger partial charge in [-0.05, 0) is 35.9 Å². The summed E-state index contributed by atoms with van der Waals surface area (Å²) in [5.41, 5.74) is 1.83. The second kappa shape index (κ2) is 7.88. The fraction of sp³-hybridized carbons (Fsp3) is 0.278. The number of nitrogens with zero attached hydrogens (tertiary/aromatic N) is 1. The first-order chi connectivity index (χ1) is 11.0. The molecule has 0 radical (unpaired) electrons. The number of hydrogen-bond acceptors (Lipinski definition) is 3. The molecule has 5 heteroatoms. The lowest BCUT2D eigenvalue weighted by Gasteiger charge is -2.19. The largest absolute Gasteiger partial charge is 0.497 e. The van der Waals surface area contributed by atoms with E-state index in [9.17, 15) is 4.79 Å². The Morgan fingerprint density at radius 2 is 1.78 bits per heavy atom. The van der Waals surface area contributed by atoms with Crippen molar-refractivity contribution in [1.82, 2.24) is 4.90 Å². The van der Waals surface area contributed by atoms with Crippen LogP contribution in [0.15, 0.2) is 42.5 Å². The lowest BCUT2D eigenvalue weighted by molar-refractivity contribution is -0.129. The maximum atomic E-state index is 12.4. The Balaban J connectivity index is 2.03. The van der Waals surface area contributed by atoms with Crippen LogP contribution in [0.3, 0.4) is 0 Å². The SMILES string of the molecule is COc1ccc(CC(=O)N(C)Cc2cc(Cl)ccc2OC)cc1. The predicted octanol–water partition coefficient (Wildman–Crippen LogP) is 3.56. The van der Waals surface area contributed by atoms with E-state index in [2.05, 4.69) is 0 Å². The van der Waals surface area contributed by atoms with Crippen LogP contribution in [0.1, 0.15) is 11.1 Å². The molecule has 122 valence electrons. The average molecular weight is 334 g/mol. The monoisotopic (exact) mass is 333 g/mol. The Kier molecular flexibility index (Phi) is 5.88. The molecular weight excluding hydrogens is 314 g/mol. The molecule has 0 fully saturated rings. The third kappa shape index (κ3) is 4.63. The Labute approximate surface area is 141 Å². The number of benzene rings is 2. The van der Waals surface area contributed by atoms with Crippen LogP contribution in [-0.4, -0.2) is 32.1 Å². The molecule has 0 saturated carbocycles. The van der Waals surface area contributed by atoms with E-state index in [4.69, 9.17) is 21.1 Å². The van der Waals surface area contributed by atoms with Crippen LogP contribution in [0, 0.1) is 0 Å². The van der Waals surface area contributed by atoms with Crippen molar-refractivity contribution in [2.75, 3.05) is 21.3 Å².